The first-order valence-corrected chi connectivity index (χ1v) is 10.7. The van der Waals surface area contributed by atoms with Crippen molar-refractivity contribution in [2.24, 2.45) is 5.92 Å². The van der Waals surface area contributed by atoms with E-state index in [-0.39, 0.29) is 0 Å². The minimum atomic E-state index is 0.665. The molecule has 2 atom stereocenters. The van der Waals surface area contributed by atoms with Gasteiger partial charge in [-0.1, -0.05) is 12.1 Å². The number of fused-ring (bicyclic) bond motifs is 5. The van der Waals surface area contributed by atoms with Gasteiger partial charge in [0.2, 0.25) is 0 Å². The van der Waals surface area contributed by atoms with Gasteiger partial charge in [0, 0.05) is 63.2 Å². The number of piperidine rings is 1. The Labute approximate surface area is 167 Å². The fourth-order valence-electron chi connectivity index (χ4n) is 5.18. The highest BCUT2D eigenvalue weighted by Gasteiger charge is 2.34. The second-order valence-corrected chi connectivity index (χ2v) is 8.54. The molecule has 6 rings (SSSR count). The zero-order valence-electron chi connectivity index (χ0n) is 16.8. The maximum Gasteiger partial charge on any atom is 0.0543 e. The van der Waals surface area contributed by atoms with Gasteiger partial charge < -0.3 is 4.57 Å². The smallest absolute Gasteiger partial charge is 0.0543 e. The Bertz CT molecular complexity index is 932. The van der Waals surface area contributed by atoms with Gasteiger partial charge in [0.25, 0.3) is 0 Å². The standard InChI is InChI=1S/C24H30N4/c1-2-27-12-10-21-13-19(7-9-24(21)27)15-28-16-20-6-8-23(28)18-26(14-20)17-22-5-3-4-11-25-22/h3-5,7,9-13,20,23H,2,6,8,14-18H2,1H3/t20-,23+/m1/s1. The quantitative estimate of drug-likeness (QED) is 0.670. The number of hydrogen-bond acceptors (Lipinski definition) is 3. The highest BCUT2D eigenvalue weighted by atomic mass is 15.3. The molecule has 28 heavy (non-hydrogen) atoms. The van der Waals surface area contributed by atoms with Crippen molar-refractivity contribution in [3.05, 3.63) is 66.1 Å². The number of rotatable bonds is 5. The molecule has 2 aromatic heterocycles. The van der Waals surface area contributed by atoms with Gasteiger partial charge in [-0.3, -0.25) is 14.8 Å². The molecular formula is C24H30N4. The van der Waals surface area contributed by atoms with Gasteiger partial charge in [-0.15, -0.1) is 0 Å². The van der Waals surface area contributed by atoms with Gasteiger partial charge in [-0.05, 0) is 67.0 Å². The largest absolute Gasteiger partial charge is 0.348 e. The third-order valence-corrected chi connectivity index (χ3v) is 6.58. The Kier molecular flexibility index (Phi) is 4.91. The van der Waals surface area contributed by atoms with Gasteiger partial charge in [-0.2, -0.15) is 0 Å². The molecule has 0 amide bonds. The molecule has 0 unspecified atom stereocenters. The van der Waals surface area contributed by atoms with Crippen molar-refractivity contribution in [1.82, 2.24) is 19.4 Å². The van der Waals surface area contributed by atoms with E-state index in [9.17, 15) is 0 Å². The summed E-state index contributed by atoms with van der Waals surface area (Å²) in [7, 11) is 0. The lowest BCUT2D eigenvalue weighted by Crippen LogP contribution is -2.43. The van der Waals surface area contributed by atoms with E-state index >= 15 is 0 Å². The highest BCUT2D eigenvalue weighted by molar-refractivity contribution is 5.80. The van der Waals surface area contributed by atoms with Crippen molar-refractivity contribution in [1.29, 1.82) is 0 Å². The highest BCUT2D eigenvalue weighted by Crippen LogP contribution is 2.30. The van der Waals surface area contributed by atoms with E-state index in [0.29, 0.717) is 6.04 Å². The summed E-state index contributed by atoms with van der Waals surface area (Å²) in [6, 6.07) is 16.2. The SMILES string of the molecule is CCn1ccc2cc(CN3C[C@@H]4CC[C@H]3CN(Cc3ccccn3)C4)ccc21. The summed E-state index contributed by atoms with van der Waals surface area (Å²) in [5.74, 6) is 0.785. The molecule has 0 aliphatic carbocycles. The van der Waals surface area contributed by atoms with Gasteiger partial charge in [0.05, 0.1) is 5.69 Å². The Morgan fingerprint density at radius 2 is 1.96 bits per heavy atom. The zero-order valence-corrected chi connectivity index (χ0v) is 16.8. The summed E-state index contributed by atoms with van der Waals surface area (Å²) < 4.78 is 2.32. The Morgan fingerprint density at radius 1 is 1.00 bits per heavy atom. The number of benzene rings is 1. The van der Waals surface area contributed by atoms with Crippen LogP contribution in [0.4, 0.5) is 0 Å². The van der Waals surface area contributed by atoms with Crippen molar-refractivity contribution in [2.75, 3.05) is 19.6 Å². The first-order valence-electron chi connectivity index (χ1n) is 10.7. The van der Waals surface area contributed by atoms with Crippen molar-refractivity contribution in [2.45, 2.75) is 45.4 Å². The normalized spacial score (nSPS) is 23.3. The van der Waals surface area contributed by atoms with Crippen LogP contribution < -0.4 is 0 Å². The van der Waals surface area contributed by atoms with Gasteiger partial charge in [-0.25, -0.2) is 0 Å². The van der Waals surface area contributed by atoms with Crippen LogP contribution in [0.15, 0.2) is 54.9 Å². The molecule has 3 aromatic rings. The van der Waals surface area contributed by atoms with Crippen LogP contribution in [0.3, 0.4) is 0 Å². The van der Waals surface area contributed by atoms with Crippen molar-refractivity contribution in [3.63, 3.8) is 0 Å². The lowest BCUT2D eigenvalue weighted by Gasteiger charge is -2.36. The summed E-state index contributed by atoms with van der Waals surface area (Å²) in [6.45, 7) is 8.91. The molecule has 2 bridgehead atoms. The molecule has 146 valence electrons. The average molecular weight is 375 g/mol. The van der Waals surface area contributed by atoms with E-state index in [1.54, 1.807) is 0 Å². The zero-order chi connectivity index (χ0) is 18.9. The number of pyridine rings is 1. The number of aryl methyl sites for hydroxylation is 1. The van der Waals surface area contributed by atoms with Crippen molar-refractivity contribution >= 4 is 10.9 Å². The maximum absolute atomic E-state index is 4.54. The molecule has 3 fully saturated rings. The van der Waals surface area contributed by atoms with Gasteiger partial charge in [0.15, 0.2) is 0 Å². The van der Waals surface area contributed by atoms with Crippen LogP contribution in [-0.4, -0.2) is 45.0 Å². The van der Waals surface area contributed by atoms with Crippen LogP contribution in [0.5, 0.6) is 0 Å². The Balaban J connectivity index is 1.30. The van der Waals surface area contributed by atoms with Crippen LogP contribution in [0, 0.1) is 5.92 Å². The molecule has 4 nitrogen and oxygen atoms in total. The van der Waals surface area contributed by atoms with E-state index in [4.69, 9.17) is 0 Å². The molecule has 0 spiro atoms. The van der Waals surface area contributed by atoms with Crippen LogP contribution >= 0.6 is 0 Å². The summed E-state index contributed by atoms with van der Waals surface area (Å²) >= 11 is 0. The second kappa shape index (κ2) is 7.69. The Morgan fingerprint density at radius 3 is 2.82 bits per heavy atom. The van der Waals surface area contributed by atoms with E-state index in [0.717, 1.165) is 25.6 Å². The molecule has 0 radical (unpaired) electrons. The van der Waals surface area contributed by atoms with E-state index < -0.39 is 0 Å². The van der Waals surface area contributed by atoms with E-state index in [1.807, 2.05) is 12.3 Å². The third kappa shape index (κ3) is 3.59. The lowest BCUT2D eigenvalue weighted by molar-refractivity contribution is 0.123. The summed E-state index contributed by atoms with van der Waals surface area (Å²) in [5.41, 5.74) is 4.00. The number of nitrogens with zero attached hydrogens (tertiary/aromatic N) is 4. The minimum Gasteiger partial charge on any atom is -0.348 e. The summed E-state index contributed by atoms with van der Waals surface area (Å²) in [4.78, 5) is 9.92. The number of aromatic nitrogens is 2. The fraction of sp³-hybridized carbons (Fsp3) is 0.458. The van der Waals surface area contributed by atoms with Crippen LogP contribution in [0.2, 0.25) is 0 Å². The molecule has 0 saturated carbocycles. The molecule has 1 aromatic carbocycles. The van der Waals surface area contributed by atoms with Crippen LogP contribution in [-0.2, 0) is 19.6 Å². The monoisotopic (exact) mass is 374 g/mol. The van der Waals surface area contributed by atoms with Gasteiger partial charge >= 0.3 is 0 Å². The molecule has 5 heterocycles. The van der Waals surface area contributed by atoms with E-state index in [1.165, 1.54) is 54.6 Å². The predicted octanol–water partition coefficient (Wildman–Crippen LogP) is 4.15. The first-order chi connectivity index (χ1) is 13.8. The third-order valence-electron chi connectivity index (χ3n) is 6.58. The molecule has 3 saturated heterocycles. The Hall–Kier alpha value is -2.17. The van der Waals surface area contributed by atoms with Crippen LogP contribution in [0.1, 0.15) is 31.0 Å². The summed E-state index contributed by atoms with van der Waals surface area (Å²) in [6.07, 6.45) is 6.82. The minimum absolute atomic E-state index is 0.665. The lowest BCUT2D eigenvalue weighted by atomic mass is 9.94. The van der Waals surface area contributed by atoms with Crippen molar-refractivity contribution in [3.8, 4) is 0 Å². The number of hydrogen-bond donors (Lipinski definition) is 0. The second-order valence-electron chi connectivity index (χ2n) is 8.54. The molecule has 3 aliphatic rings. The fourth-order valence-corrected chi connectivity index (χ4v) is 5.18. The van der Waals surface area contributed by atoms with Crippen LogP contribution in [0.25, 0.3) is 10.9 Å². The maximum atomic E-state index is 4.54. The molecule has 3 aliphatic heterocycles. The molecule has 4 heteroatoms. The van der Waals surface area contributed by atoms with Crippen molar-refractivity contribution < 1.29 is 0 Å². The first kappa shape index (κ1) is 17.9. The summed E-state index contributed by atoms with van der Waals surface area (Å²) in [5, 5.41) is 1.37. The van der Waals surface area contributed by atoms with E-state index in [2.05, 4.69) is 68.9 Å². The topological polar surface area (TPSA) is 24.3 Å². The average Bonchev–Trinajstić information content (AvgIpc) is 2.93. The molecular weight excluding hydrogens is 344 g/mol. The van der Waals surface area contributed by atoms with Gasteiger partial charge in [0.1, 0.15) is 0 Å². The molecule has 0 N–H and O–H groups in total. The predicted molar refractivity (Wildman–Crippen MR) is 114 cm³/mol.